The van der Waals surface area contributed by atoms with E-state index in [0.717, 1.165) is 6.54 Å². The monoisotopic (exact) mass is 175 g/mol. The molecular formula is C9H18ClN. The van der Waals surface area contributed by atoms with Gasteiger partial charge in [-0.2, -0.15) is 0 Å². The smallest absolute Gasteiger partial charge is 0.0180 e. The summed E-state index contributed by atoms with van der Waals surface area (Å²) in [7, 11) is 0. The lowest BCUT2D eigenvalue weighted by Gasteiger charge is -2.28. The maximum atomic E-state index is 5.45. The summed E-state index contributed by atoms with van der Waals surface area (Å²) in [6, 6.07) is 1.17. The summed E-state index contributed by atoms with van der Waals surface area (Å²) in [5, 5.41) is 0. The van der Waals surface area contributed by atoms with Crippen LogP contribution >= 0.6 is 11.6 Å². The van der Waals surface area contributed by atoms with E-state index in [9.17, 15) is 0 Å². The van der Waals surface area contributed by atoms with E-state index in [1.54, 1.807) is 5.54 Å². The van der Waals surface area contributed by atoms with E-state index in [2.05, 4.69) is 32.6 Å². The molecule has 0 aliphatic rings. The summed E-state index contributed by atoms with van der Waals surface area (Å²) in [6.45, 7) is 9.73. The molecule has 0 fully saturated rings. The predicted molar refractivity (Wildman–Crippen MR) is 52.0 cm³/mol. The first-order chi connectivity index (χ1) is 5.09. The third-order valence-corrected chi connectivity index (χ3v) is 1.91. The Hall–Kier alpha value is -0.0100. The highest BCUT2D eigenvalue weighted by atomic mass is 35.5. The van der Waals surface area contributed by atoms with Crippen LogP contribution in [0.2, 0.25) is 0 Å². The molecule has 0 rings (SSSR count). The zero-order chi connectivity index (χ0) is 8.85. The number of hydrogen-bond acceptors (Lipinski definition) is 1. The molecule has 0 aromatic rings. The molecule has 2 heteroatoms. The normalized spacial score (nSPS) is 12.7. The van der Waals surface area contributed by atoms with Gasteiger partial charge in [0.1, 0.15) is 0 Å². The average molecular weight is 176 g/mol. The van der Waals surface area contributed by atoms with Crippen molar-refractivity contribution in [1.29, 1.82) is 0 Å². The van der Waals surface area contributed by atoms with Gasteiger partial charge in [-0.3, -0.25) is 4.90 Å². The van der Waals surface area contributed by atoms with Crippen LogP contribution in [-0.2, 0) is 0 Å². The fraction of sp³-hybridized carbons (Fsp3) is 0.778. The molecular weight excluding hydrogens is 158 g/mol. The van der Waals surface area contributed by atoms with E-state index < -0.39 is 0 Å². The lowest BCUT2D eigenvalue weighted by molar-refractivity contribution is 0.196. The molecule has 0 saturated carbocycles. The van der Waals surface area contributed by atoms with Crippen molar-refractivity contribution < 1.29 is 0 Å². The van der Waals surface area contributed by atoms with Crippen molar-refractivity contribution in [2.75, 3.05) is 6.54 Å². The highest BCUT2D eigenvalue weighted by Gasteiger charge is 2.10. The lowest BCUT2D eigenvalue weighted by atomic mass is 10.2. The van der Waals surface area contributed by atoms with E-state index in [1.165, 1.54) is 0 Å². The van der Waals surface area contributed by atoms with Gasteiger partial charge in [0.2, 0.25) is 0 Å². The summed E-state index contributed by atoms with van der Waals surface area (Å²) in [5.41, 5.74) is 1.58. The van der Waals surface area contributed by atoms with Crippen LogP contribution in [0.1, 0.15) is 27.7 Å². The summed E-state index contributed by atoms with van der Waals surface area (Å²) < 4.78 is 0. The Bertz CT molecular complexity index is 111. The molecule has 0 aromatic heterocycles. The average Bonchev–Trinajstić information content (AvgIpc) is 1.87. The molecule has 11 heavy (non-hydrogen) atoms. The van der Waals surface area contributed by atoms with Crippen molar-refractivity contribution in [3.05, 3.63) is 11.6 Å². The molecule has 0 bridgehead atoms. The molecule has 0 spiro atoms. The minimum Gasteiger partial charge on any atom is -0.295 e. The Labute approximate surface area is 75.0 Å². The second-order valence-corrected chi connectivity index (χ2v) is 3.50. The molecule has 1 nitrogen and oxygen atoms in total. The van der Waals surface area contributed by atoms with Crippen molar-refractivity contribution in [2.45, 2.75) is 39.8 Å². The van der Waals surface area contributed by atoms with Gasteiger partial charge >= 0.3 is 0 Å². The molecule has 0 N–H and O–H groups in total. The van der Waals surface area contributed by atoms with Crippen LogP contribution in [0.25, 0.3) is 0 Å². The Morgan fingerprint density at radius 1 is 1.18 bits per heavy atom. The Morgan fingerprint density at radius 3 is 1.91 bits per heavy atom. The third kappa shape index (κ3) is 4.44. The van der Waals surface area contributed by atoms with Crippen LogP contribution in [0.4, 0.5) is 0 Å². The summed E-state index contributed by atoms with van der Waals surface area (Å²) in [5.74, 6) is 0. The predicted octanol–water partition coefficient (Wildman–Crippen LogP) is 2.86. The van der Waals surface area contributed by atoms with Crippen molar-refractivity contribution in [3.63, 3.8) is 0 Å². The molecule has 0 unspecified atom stereocenters. The largest absolute Gasteiger partial charge is 0.295 e. The van der Waals surface area contributed by atoms with Crippen molar-refractivity contribution in [3.8, 4) is 0 Å². The fourth-order valence-corrected chi connectivity index (χ4v) is 1.26. The van der Waals surface area contributed by atoms with Crippen molar-refractivity contribution in [1.82, 2.24) is 4.90 Å². The molecule has 0 heterocycles. The van der Waals surface area contributed by atoms with E-state index in [4.69, 9.17) is 11.6 Å². The summed E-state index contributed by atoms with van der Waals surface area (Å²) >= 11 is 5.45. The van der Waals surface area contributed by atoms with Crippen LogP contribution in [0.15, 0.2) is 11.6 Å². The van der Waals surface area contributed by atoms with Gasteiger partial charge < -0.3 is 0 Å². The van der Waals surface area contributed by atoms with Gasteiger partial charge in [-0.15, -0.1) is 0 Å². The standard InChI is InChI=1S/C9H18ClN/c1-8(2)11(9(3)4)7-5-6-10/h5-6,8-9H,7H2,1-4H3/b6-5+. The van der Waals surface area contributed by atoms with Crippen molar-refractivity contribution in [2.24, 2.45) is 0 Å². The highest BCUT2D eigenvalue weighted by Crippen LogP contribution is 2.04. The van der Waals surface area contributed by atoms with Gasteiger partial charge in [0.05, 0.1) is 0 Å². The Morgan fingerprint density at radius 2 is 1.64 bits per heavy atom. The Kier molecular flexibility index (Phi) is 5.61. The topological polar surface area (TPSA) is 3.24 Å². The van der Waals surface area contributed by atoms with Gasteiger partial charge in [0.25, 0.3) is 0 Å². The van der Waals surface area contributed by atoms with Crippen molar-refractivity contribution >= 4 is 11.6 Å². The van der Waals surface area contributed by atoms with E-state index >= 15 is 0 Å². The number of rotatable bonds is 4. The number of nitrogens with zero attached hydrogens (tertiary/aromatic N) is 1. The maximum Gasteiger partial charge on any atom is 0.0180 e. The number of hydrogen-bond donors (Lipinski definition) is 0. The summed E-state index contributed by atoms with van der Waals surface area (Å²) in [6.07, 6.45) is 1.97. The molecule has 66 valence electrons. The first-order valence-electron chi connectivity index (χ1n) is 4.10. The van der Waals surface area contributed by atoms with Gasteiger partial charge in [0.15, 0.2) is 0 Å². The van der Waals surface area contributed by atoms with Gasteiger partial charge in [-0.25, -0.2) is 0 Å². The van der Waals surface area contributed by atoms with E-state index in [1.807, 2.05) is 6.08 Å². The minimum atomic E-state index is 0.586. The summed E-state index contributed by atoms with van der Waals surface area (Å²) in [4.78, 5) is 2.37. The first-order valence-corrected chi connectivity index (χ1v) is 4.54. The second kappa shape index (κ2) is 5.62. The zero-order valence-corrected chi connectivity index (χ0v) is 8.60. The zero-order valence-electron chi connectivity index (χ0n) is 7.84. The van der Waals surface area contributed by atoms with Crippen LogP contribution in [0.5, 0.6) is 0 Å². The first kappa shape index (κ1) is 11.0. The molecule has 0 aromatic carbocycles. The van der Waals surface area contributed by atoms with E-state index in [-0.39, 0.29) is 0 Å². The Balaban J connectivity index is 3.89. The van der Waals surface area contributed by atoms with Crippen LogP contribution < -0.4 is 0 Å². The van der Waals surface area contributed by atoms with E-state index in [0.29, 0.717) is 12.1 Å². The third-order valence-electron chi connectivity index (χ3n) is 1.73. The fourth-order valence-electron chi connectivity index (χ4n) is 1.18. The molecule has 0 aliphatic heterocycles. The maximum absolute atomic E-state index is 5.45. The van der Waals surface area contributed by atoms with Crippen LogP contribution in [-0.4, -0.2) is 23.5 Å². The quantitative estimate of drug-likeness (QED) is 0.635. The van der Waals surface area contributed by atoms with Crippen LogP contribution in [0.3, 0.4) is 0 Å². The molecule has 0 amide bonds. The molecule has 0 radical (unpaired) electrons. The lowest BCUT2D eigenvalue weighted by Crippen LogP contribution is -2.36. The molecule has 0 aliphatic carbocycles. The highest BCUT2D eigenvalue weighted by molar-refractivity contribution is 6.25. The van der Waals surface area contributed by atoms with Crippen LogP contribution in [0, 0.1) is 0 Å². The van der Waals surface area contributed by atoms with Gasteiger partial charge in [0, 0.05) is 24.2 Å². The van der Waals surface area contributed by atoms with Gasteiger partial charge in [-0.05, 0) is 27.7 Å². The molecule has 0 atom stereocenters. The van der Waals surface area contributed by atoms with Gasteiger partial charge in [-0.1, -0.05) is 17.7 Å². The number of halogens is 1. The minimum absolute atomic E-state index is 0.586. The SMILES string of the molecule is CC(C)N(C/C=C/Cl)C(C)C. The molecule has 0 saturated heterocycles. The second-order valence-electron chi connectivity index (χ2n) is 3.25.